The second-order valence-electron chi connectivity index (χ2n) is 5.33. The third-order valence-corrected chi connectivity index (χ3v) is 4.64. The number of halogens is 2. The summed E-state index contributed by atoms with van der Waals surface area (Å²) in [6.45, 7) is 1.39. The van der Waals surface area contributed by atoms with Crippen LogP contribution in [0.25, 0.3) is 0 Å². The van der Waals surface area contributed by atoms with Crippen molar-refractivity contribution in [1.29, 1.82) is 0 Å². The first-order valence-corrected chi connectivity index (χ1v) is 7.97. The number of rotatable bonds is 4. The van der Waals surface area contributed by atoms with Gasteiger partial charge in [-0.15, -0.1) is 0 Å². The number of nitrogens with zero attached hydrogens (tertiary/aromatic N) is 4. The van der Waals surface area contributed by atoms with Crippen molar-refractivity contribution in [2.75, 3.05) is 13.1 Å². The van der Waals surface area contributed by atoms with E-state index in [1.807, 2.05) is 4.90 Å². The third kappa shape index (κ3) is 3.25. The zero-order valence-electron chi connectivity index (χ0n) is 12.0. The van der Waals surface area contributed by atoms with E-state index >= 15 is 0 Å². The second kappa shape index (κ2) is 6.67. The Morgan fingerprint density at radius 1 is 1.23 bits per heavy atom. The summed E-state index contributed by atoms with van der Waals surface area (Å²) in [6, 6.07) is 5.56. The third-order valence-electron chi connectivity index (χ3n) is 3.93. The van der Waals surface area contributed by atoms with Gasteiger partial charge in [-0.05, 0) is 30.5 Å². The number of benzene rings is 1. The van der Waals surface area contributed by atoms with Crippen LogP contribution in [-0.2, 0) is 11.2 Å². The molecule has 116 valence electrons. The van der Waals surface area contributed by atoms with Gasteiger partial charge in [0.05, 0.1) is 18.4 Å². The lowest BCUT2D eigenvalue weighted by Crippen LogP contribution is -2.29. The molecule has 0 aliphatic carbocycles. The molecule has 0 N–H and O–H groups in total. The molecule has 1 aromatic carbocycles. The average molecular weight is 339 g/mol. The maximum Gasteiger partial charge on any atom is 0.222 e. The minimum atomic E-state index is 0.116. The van der Waals surface area contributed by atoms with Gasteiger partial charge < -0.3 is 4.90 Å². The highest BCUT2D eigenvalue weighted by atomic mass is 35.5. The number of likely N-dealkylation sites (tertiary alicyclic amines) is 1. The van der Waals surface area contributed by atoms with E-state index in [2.05, 4.69) is 10.2 Å². The van der Waals surface area contributed by atoms with Crippen molar-refractivity contribution >= 4 is 29.1 Å². The van der Waals surface area contributed by atoms with Gasteiger partial charge in [0.2, 0.25) is 5.91 Å². The van der Waals surface area contributed by atoms with Crippen LogP contribution in [-0.4, -0.2) is 38.9 Å². The van der Waals surface area contributed by atoms with Crippen molar-refractivity contribution in [2.45, 2.75) is 25.3 Å². The maximum atomic E-state index is 12.3. The number of hydrogen-bond donors (Lipinski definition) is 0. The normalized spacial score (nSPS) is 17.9. The van der Waals surface area contributed by atoms with Crippen LogP contribution >= 0.6 is 23.2 Å². The van der Waals surface area contributed by atoms with Crippen LogP contribution in [0, 0.1) is 0 Å². The summed E-state index contributed by atoms with van der Waals surface area (Å²) in [5.74, 6) is 0.116. The fraction of sp³-hybridized carbons (Fsp3) is 0.400. The van der Waals surface area contributed by atoms with E-state index in [0.717, 1.165) is 18.5 Å². The van der Waals surface area contributed by atoms with Crippen LogP contribution in [0.3, 0.4) is 0 Å². The van der Waals surface area contributed by atoms with Gasteiger partial charge in [-0.3, -0.25) is 4.79 Å². The first-order chi connectivity index (χ1) is 10.6. The highest BCUT2D eigenvalue weighted by Gasteiger charge is 2.28. The quantitative estimate of drug-likeness (QED) is 0.860. The zero-order valence-corrected chi connectivity index (χ0v) is 13.5. The molecular formula is C15H16Cl2N4O. The number of carbonyl (C=O) groups is 1. The Labute approximate surface area is 138 Å². The molecule has 1 aliphatic heterocycles. The summed E-state index contributed by atoms with van der Waals surface area (Å²) >= 11 is 12.3. The monoisotopic (exact) mass is 338 g/mol. The Bertz CT molecular complexity index is 639. The number of hydrogen-bond acceptors (Lipinski definition) is 3. The number of amides is 1. The van der Waals surface area contributed by atoms with Crippen molar-refractivity contribution in [1.82, 2.24) is 19.9 Å². The first kappa shape index (κ1) is 15.3. The Morgan fingerprint density at radius 3 is 2.59 bits per heavy atom. The Kier molecular flexibility index (Phi) is 4.64. The maximum absolute atomic E-state index is 12.3. The molecule has 1 fully saturated rings. The van der Waals surface area contributed by atoms with E-state index in [1.54, 1.807) is 35.4 Å². The van der Waals surface area contributed by atoms with Gasteiger partial charge in [-0.2, -0.15) is 15.0 Å². The molecule has 1 saturated heterocycles. The predicted molar refractivity (Wildman–Crippen MR) is 85.0 cm³/mol. The number of carbonyl (C=O) groups excluding carboxylic acids is 1. The smallest absolute Gasteiger partial charge is 0.222 e. The molecule has 1 aromatic heterocycles. The van der Waals surface area contributed by atoms with E-state index in [0.29, 0.717) is 29.4 Å². The fourth-order valence-corrected chi connectivity index (χ4v) is 3.32. The molecule has 22 heavy (non-hydrogen) atoms. The Morgan fingerprint density at radius 2 is 1.91 bits per heavy atom. The molecule has 0 saturated carbocycles. The van der Waals surface area contributed by atoms with E-state index in [4.69, 9.17) is 23.2 Å². The molecule has 0 bridgehead atoms. The number of aromatic nitrogens is 3. The Hall–Kier alpha value is -1.59. The SMILES string of the molecule is O=C(CCc1c(Cl)cccc1Cl)N1CCC(n2nccn2)C1. The summed E-state index contributed by atoms with van der Waals surface area (Å²) in [5, 5.41) is 9.51. The topological polar surface area (TPSA) is 51.0 Å². The zero-order chi connectivity index (χ0) is 15.5. The van der Waals surface area contributed by atoms with Crippen molar-refractivity contribution in [3.63, 3.8) is 0 Å². The highest BCUT2D eigenvalue weighted by Crippen LogP contribution is 2.26. The van der Waals surface area contributed by atoms with Crippen LogP contribution in [0.1, 0.15) is 24.4 Å². The lowest BCUT2D eigenvalue weighted by molar-refractivity contribution is -0.130. The molecule has 2 aromatic rings. The van der Waals surface area contributed by atoms with Crippen molar-refractivity contribution in [2.24, 2.45) is 0 Å². The molecule has 0 spiro atoms. The summed E-state index contributed by atoms with van der Waals surface area (Å²) in [5.41, 5.74) is 0.837. The second-order valence-corrected chi connectivity index (χ2v) is 6.15. The van der Waals surface area contributed by atoms with Crippen molar-refractivity contribution in [3.05, 3.63) is 46.2 Å². The first-order valence-electron chi connectivity index (χ1n) is 7.21. The minimum Gasteiger partial charge on any atom is -0.340 e. The molecular weight excluding hydrogens is 323 g/mol. The van der Waals surface area contributed by atoms with E-state index < -0.39 is 0 Å². The van der Waals surface area contributed by atoms with Crippen molar-refractivity contribution < 1.29 is 4.79 Å². The van der Waals surface area contributed by atoms with Crippen LogP contribution in [0.15, 0.2) is 30.6 Å². The van der Waals surface area contributed by atoms with E-state index in [9.17, 15) is 4.79 Å². The molecule has 5 nitrogen and oxygen atoms in total. The Balaban J connectivity index is 1.57. The average Bonchev–Trinajstić information content (AvgIpc) is 3.17. The highest BCUT2D eigenvalue weighted by molar-refractivity contribution is 6.36. The summed E-state index contributed by atoms with van der Waals surface area (Å²) in [6.07, 6.45) is 5.16. The van der Waals surface area contributed by atoms with Crippen molar-refractivity contribution in [3.8, 4) is 0 Å². The predicted octanol–water partition coefficient (Wildman–Crippen LogP) is 2.99. The van der Waals surface area contributed by atoms with E-state index in [1.165, 1.54) is 0 Å². The summed E-state index contributed by atoms with van der Waals surface area (Å²) < 4.78 is 0. The molecule has 1 unspecified atom stereocenters. The molecule has 3 rings (SSSR count). The lowest BCUT2D eigenvalue weighted by atomic mass is 10.1. The fourth-order valence-electron chi connectivity index (χ4n) is 2.73. The van der Waals surface area contributed by atoms with Gasteiger partial charge in [0, 0.05) is 29.6 Å². The van der Waals surface area contributed by atoms with Gasteiger partial charge in [-0.1, -0.05) is 29.3 Å². The minimum absolute atomic E-state index is 0.116. The van der Waals surface area contributed by atoms with Gasteiger partial charge in [0.1, 0.15) is 0 Å². The lowest BCUT2D eigenvalue weighted by Gasteiger charge is -2.16. The molecule has 1 aliphatic rings. The standard InChI is InChI=1S/C15H16Cl2N4O/c16-13-2-1-3-14(17)12(13)4-5-15(22)20-9-6-11(10-20)21-18-7-8-19-21/h1-3,7-8,11H,4-6,9-10H2. The molecule has 1 atom stereocenters. The van der Waals surface area contributed by atoms with Crippen LogP contribution in [0.5, 0.6) is 0 Å². The summed E-state index contributed by atoms with van der Waals surface area (Å²) in [4.78, 5) is 15.9. The van der Waals surface area contributed by atoms with Gasteiger partial charge in [0.15, 0.2) is 0 Å². The summed E-state index contributed by atoms with van der Waals surface area (Å²) in [7, 11) is 0. The van der Waals surface area contributed by atoms with Crippen LogP contribution in [0.2, 0.25) is 10.0 Å². The van der Waals surface area contributed by atoms with Gasteiger partial charge in [-0.25, -0.2) is 0 Å². The molecule has 0 radical (unpaired) electrons. The van der Waals surface area contributed by atoms with E-state index in [-0.39, 0.29) is 11.9 Å². The van der Waals surface area contributed by atoms with Crippen LogP contribution < -0.4 is 0 Å². The molecule has 1 amide bonds. The molecule has 2 heterocycles. The van der Waals surface area contributed by atoms with Crippen LogP contribution in [0.4, 0.5) is 0 Å². The van der Waals surface area contributed by atoms with Gasteiger partial charge >= 0.3 is 0 Å². The largest absolute Gasteiger partial charge is 0.340 e. The van der Waals surface area contributed by atoms with Gasteiger partial charge in [0.25, 0.3) is 0 Å². The molecule has 7 heteroatoms.